The second kappa shape index (κ2) is 4.92. The summed E-state index contributed by atoms with van der Waals surface area (Å²) in [5.41, 5.74) is 0.990. The molecule has 6 heteroatoms. The van der Waals surface area contributed by atoms with Crippen molar-refractivity contribution in [2.24, 2.45) is 0 Å². The van der Waals surface area contributed by atoms with Crippen LogP contribution in [-0.2, 0) is 0 Å². The van der Waals surface area contributed by atoms with Crippen LogP contribution in [0.4, 0.5) is 0 Å². The van der Waals surface area contributed by atoms with E-state index in [1.807, 2.05) is 6.92 Å². The van der Waals surface area contributed by atoms with Gasteiger partial charge in [-0.2, -0.15) is 0 Å². The molecule has 5 nitrogen and oxygen atoms in total. The summed E-state index contributed by atoms with van der Waals surface area (Å²) in [6.45, 7) is 1.90. The van der Waals surface area contributed by atoms with Crippen LogP contribution in [-0.4, -0.2) is 26.0 Å². The predicted molar refractivity (Wildman–Crippen MR) is 62.1 cm³/mol. The molecule has 0 atom stereocenters. The van der Waals surface area contributed by atoms with Gasteiger partial charge in [0.2, 0.25) is 0 Å². The van der Waals surface area contributed by atoms with E-state index in [0.717, 1.165) is 5.56 Å². The van der Waals surface area contributed by atoms with E-state index in [0.29, 0.717) is 10.2 Å². The summed E-state index contributed by atoms with van der Waals surface area (Å²) in [5, 5.41) is 9.92. The molecule has 2 heterocycles. The number of rotatable bonds is 3. The molecule has 0 unspecified atom stereocenters. The lowest BCUT2D eigenvalue weighted by molar-refractivity contribution is 0.0689. The minimum absolute atomic E-state index is 0.0158. The van der Waals surface area contributed by atoms with Crippen LogP contribution in [0.25, 0.3) is 0 Å². The molecule has 1 N–H and O–H groups in total. The second-order valence-corrected chi connectivity index (χ2v) is 4.30. The van der Waals surface area contributed by atoms with Crippen molar-refractivity contribution in [1.29, 1.82) is 0 Å². The van der Waals surface area contributed by atoms with Crippen LogP contribution in [0.15, 0.2) is 40.8 Å². The number of aryl methyl sites for hydroxylation is 1. The standard InChI is InChI=1S/C11H9N3O2S/c1-7-5-12-11(13-6-7)17-9-4-2-3-8(14-9)10(15)16/h2-6H,1H3,(H,15,16). The van der Waals surface area contributed by atoms with Crippen molar-refractivity contribution < 1.29 is 9.90 Å². The molecular weight excluding hydrogens is 238 g/mol. The third-order valence-corrected chi connectivity index (χ3v) is 2.73. The Morgan fingerprint density at radius 3 is 2.65 bits per heavy atom. The highest BCUT2D eigenvalue weighted by molar-refractivity contribution is 7.99. The maximum atomic E-state index is 10.7. The van der Waals surface area contributed by atoms with Crippen molar-refractivity contribution in [1.82, 2.24) is 15.0 Å². The van der Waals surface area contributed by atoms with Gasteiger partial charge in [0.05, 0.1) is 0 Å². The van der Waals surface area contributed by atoms with E-state index in [2.05, 4.69) is 15.0 Å². The number of carboxylic acids is 1. The van der Waals surface area contributed by atoms with Crippen LogP contribution in [0.2, 0.25) is 0 Å². The number of hydrogen-bond acceptors (Lipinski definition) is 5. The quantitative estimate of drug-likeness (QED) is 0.836. The molecule has 0 aromatic carbocycles. The first-order valence-corrected chi connectivity index (χ1v) is 5.63. The molecule has 86 valence electrons. The molecule has 0 saturated heterocycles. The summed E-state index contributed by atoms with van der Waals surface area (Å²) in [5.74, 6) is -1.04. The van der Waals surface area contributed by atoms with E-state index in [9.17, 15) is 4.79 Å². The number of pyridine rings is 1. The summed E-state index contributed by atoms with van der Waals surface area (Å²) in [7, 11) is 0. The Hall–Kier alpha value is -1.95. The number of carboxylic acid groups (broad SMARTS) is 1. The summed E-state index contributed by atoms with van der Waals surface area (Å²) < 4.78 is 0. The molecule has 0 aliphatic rings. The lowest BCUT2D eigenvalue weighted by Crippen LogP contribution is -2.00. The summed E-state index contributed by atoms with van der Waals surface area (Å²) >= 11 is 1.23. The summed E-state index contributed by atoms with van der Waals surface area (Å²) in [6.07, 6.45) is 3.41. The number of hydrogen-bond donors (Lipinski definition) is 1. The fourth-order valence-electron chi connectivity index (χ4n) is 1.12. The molecule has 2 aromatic rings. The monoisotopic (exact) mass is 247 g/mol. The maximum Gasteiger partial charge on any atom is 0.354 e. The average Bonchev–Trinajstić information content (AvgIpc) is 2.32. The van der Waals surface area contributed by atoms with Gasteiger partial charge in [0.15, 0.2) is 5.16 Å². The topological polar surface area (TPSA) is 76.0 Å². The van der Waals surface area contributed by atoms with Gasteiger partial charge in [0.25, 0.3) is 0 Å². The largest absolute Gasteiger partial charge is 0.477 e. The van der Waals surface area contributed by atoms with Gasteiger partial charge < -0.3 is 5.11 Å². The first-order chi connectivity index (χ1) is 8.15. The normalized spacial score (nSPS) is 10.2. The van der Waals surface area contributed by atoms with Crippen LogP contribution < -0.4 is 0 Å². The molecule has 0 fully saturated rings. The molecule has 0 bridgehead atoms. The van der Waals surface area contributed by atoms with E-state index >= 15 is 0 Å². The van der Waals surface area contributed by atoms with Gasteiger partial charge in [0, 0.05) is 12.4 Å². The van der Waals surface area contributed by atoms with Crippen LogP contribution >= 0.6 is 11.8 Å². The maximum absolute atomic E-state index is 10.7. The van der Waals surface area contributed by atoms with Crippen molar-refractivity contribution in [3.63, 3.8) is 0 Å². The highest BCUT2D eigenvalue weighted by Gasteiger charge is 2.07. The number of aromatic carboxylic acids is 1. The van der Waals surface area contributed by atoms with E-state index < -0.39 is 5.97 Å². The zero-order valence-electron chi connectivity index (χ0n) is 8.99. The van der Waals surface area contributed by atoms with Crippen molar-refractivity contribution in [2.75, 3.05) is 0 Å². The minimum atomic E-state index is -1.04. The smallest absolute Gasteiger partial charge is 0.354 e. The molecule has 0 spiro atoms. The molecule has 2 aromatic heterocycles. The molecule has 0 aliphatic heterocycles. The molecule has 2 rings (SSSR count). The van der Waals surface area contributed by atoms with Crippen LogP contribution in [0, 0.1) is 6.92 Å². The first kappa shape index (κ1) is 11.5. The lowest BCUT2D eigenvalue weighted by atomic mass is 10.4. The van der Waals surface area contributed by atoms with Gasteiger partial charge in [-0.15, -0.1) is 0 Å². The number of aromatic nitrogens is 3. The lowest BCUT2D eigenvalue weighted by Gasteiger charge is -2.00. The third-order valence-electron chi connectivity index (χ3n) is 1.90. The molecule has 0 saturated carbocycles. The molecule has 0 amide bonds. The van der Waals surface area contributed by atoms with Crippen molar-refractivity contribution >= 4 is 17.7 Å². The number of carbonyl (C=O) groups is 1. The van der Waals surface area contributed by atoms with Gasteiger partial charge in [-0.1, -0.05) is 6.07 Å². The molecule has 0 radical (unpaired) electrons. The Morgan fingerprint density at radius 1 is 1.29 bits per heavy atom. The van der Waals surface area contributed by atoms with E-state index in [1.54, 1.807) is 24.5 Å². The molecule has 0 aliphatic carbocycles. The highest BCUT2D eigenvalue weighted by Crippen LogP contribution is 2.22. The fourth-order valence-corrected chi connectivity index (χ4v) is 1.81. The van der Waals surface area contributed by atoms with Gasteiger partial charge in [-0.05, 0) is 36.4 Å². The summed E-state index contributed by atoms with van der Waals surface area (Å²) in [4.78, 5) is 22.9. The summed E-state index contributed by atoms with van der Waals surface area (Å²) in [6, 6.07) is 4.82. The van der Waals surface area contributed by atoms with Gasteiger partial charge >= 0.3 is 5.97 Å². The Morgan fingerprint density at radius 2 is 2.00 bits per heavy atom. The average molecular weight is 247 g/mol. The molecule has 17 heavy (non-hydrogen) atoms. The third kappa shape index (κ3) is 3.01. The second-order valence-electron chi connectivity index (χ2n) is 3.31. The number of nitrogens with zero attached hydrogens (tertiary/aromatic N) is 3. The Labute approximate surface area is 102 Å². The van der Waals surface area contributed by atoms with E-state index in [1.165, 1.54) is 17.8 Å². The zero-order chi connectivity index (χ0) is 12.3. The Balaban J connectivity index is 2.21. The van der Waals surface area contributed by atoms with Gasteiger partial charge in [-0.3, -0.25) is 0 Å². The Bertz CT molecular complexity index is 543. The minimum Gasteiger partial charge on any atom is -0.477 e. The van der Waals surface area contributed by atoms with E-state index in [-0.39, 0.29) is 5.69 Å². The first-order valence-electron chi connectivity index (χ1n) is 4.82. The van der Waals surface area contributed by atoms with Crippen LogP contribution in [0.1, 0.15) is 16.1 Å². The highest BCUT2D eigenvalue weighted by atomic mass is 32.2. The van der Waals surface area contributed by atoms with Crippen molar-refractivity contribution in [3.05, 3.63) is 41.9 Å². The zero-order valence-corrected chi connectivity index (χ0v) is 9.81. The van der Waals surface area contributed by atoms with Gasteiger partial charge in [-0.25, -0.2) is 19.7 Å². The van der Waals surface area contributed by atoms with Crippen molar-refractivity contribution in [2.45, 2.75) is 17.1 Å². The van der Waals surface area contributed by atoms with Crippen LogP contribution in [0.5, 0.6) is 0 Å². The molecular formula is C11H9N3O2S. The van der Waals surface area contributed by atoms with E-state index in [4.69, 9.17) is 5.11 Å². The Kier molecular flexibility index (Phi) is 3.34. The SMILES string of the molecule is Cc1cnc(Sc2cccc(C(=O)O)n2)nc1. The van der Waals surface area contributed by atoms with Crippen molar-refractivity contribution in [3.8, 4) is 0 Å². The fraction of sp³-hybridized carbons (Fsp3) is 0.0909. The van der Waals surface area contributed by atoms with Crippen LogP contribution in [0.3, 0.4) is 0 Å². The predicted octanol–water partition coefficient (Wildman–Crippen LogP) is 2.03. The van der Waals surface area contributed by atoms with Gasteiger partial charge in [0.1, 0.15) is 10.7 Å².